The molecule has 0 aliphatic rings. The Morgan fingerprint density at radius 1 is 1.23 bits per heavy atom. The fraction of sp³-hybridized carbons (Fsp3) is 0.0526. The molecule has 0 aliphatic carbocycles. The molecule has 3 aromatic rings. The molecule has 3 rings (SSSR count). The van der Waals surface area contributed by atoms with Crippen LogP contribution < -0.4 is 15.9 Å². The van der Waals surface area contributed by atoms with E-state index in [0.29, 0.717) is 22.1 Å². The van der Waals surface area contributed by atoms with E-state index >= 15 is 0 Å². The number of rotatable bonds is 4. The van der Waals surface area contributed by atoms with E-state index in [0.717, 1.165) is 11.3 Å². The van der Waals surface area contributed by atoms with Gasteiger partial charge in [0.05, 0.1) is 13.3 Å². The van der Waals surface area contributed by atoms with Crippen molar-refractivity contribution in [3.63, 3.8) is 0 Å². The Hall–Kier alpha value is -3.37. The maximum atomic E-state index is 13.6. The van der Waals surface area contributed by atoms with E-state index in [1.165, 1.54) is 23.5 Å². The van der Waals surface area contributed by atoms with Gasteiger partial charge < -0.3 is 10.5 Å². The van der Waals surface area contributed by atoms with E-state index in [1.807, 2.05) is 24.3 Å². The summed E-state index contributed by atoms with van der Waals surface area (Å²) >= 11 is 1.34. The van der Waals surface area contributed by atoms with E-state index < -0.39 is 0 Å². The summed E-state index contributed by atoms with van der Waals surface area (Å²) in [5.41, 5.74) is 10.4. The van der Waals surface area contributed by atoms with Gasteiger partial charge in [-0.2, -0.15) is 5.10 Å². The number of hydrazone groups is 1. The molecule has 0 amide bonds. The van der Waals surface area contributed by atoms with Crippen molar-refractivity contribution < 1.29 is 9.13 Å². The third-order valence-electron chi connectivity index (χ3n) is 3.33. The van der Waals surface area contributed by atoms with Crippen LogP contribution in [0, 0.1) is 17.7 Å². The molecular weight excluding hydrogens is 351 g/mol. The molecule has 0 bridgehead atoms. The topological polar surface area (TPSA) is 72.5 Å². The average Bonchev–Trinajstić information content (AvgIpc) is 3.07. The van der Waals surface area contributed by atoms with Crippen LogP contribution in [0.15, 0.2) is 52.9 Å². The maximum absolute atomic E-state index is 13.6. The summed E-state index contributed by atoms with van der Waals surface area (Å²) in [7, 11) is 1.60. The highest BCUT2D eigenvalue weighted by Crippen LogP contribution is 2.16. The molecule has 2 aromatic carbocycles. The Morgan fingerprint density at radius 3 is 2.73 bits per heavy atom. The van der Waals surface area contributed by atoms with Gasteiger partial charge in [0.25, 0.3) is 0 Å². The lowest BCUT2D eigenvalue weighted by Crippen LogP contribution is -1.94. The zero-order valence-electron chi connectivity index (χ0n) is 13.9. The number of nitrogens with zero attached hydrogens (tertiary/aromatic N) is 2. The van der Waals surface area contributed by atoms with Crippen LogP contribution in [0.5, 0.6) is 5.75 Å². The number of hydrogen-bond acceptors (Lipinski definition) is 6. The minimum Gasteiger partial charge on any atom is -0.497 e. The minimum atomic E-state index is -0.359. The standard InChI is InChI=1S/C19H15FN4OS/c1-25-17-8-3-13(4-9-17)2-5-14-10-16(20)7-6-15(14)11-22-24-19-23-18(21)12-26-19/h3-4,6-12H,21H2,1H3,(H,23,24). The Morgan fingerprint density at radius 2 is 2.04 bits per heavy atom. The summed E-state index contributed by atoms with van der Waals surface area (Å²) in [5, 5.41) is 6.39. The molecule has 3 N–H and O–H groups in total. The Kier molecular flexibility index (Phi) is 5.46. The van der Waals surface area contributed by atoms with Crippen LogP contribution in [0.3, 0.4) is 0 Å². The first-order valence-electron chi connectivity index (χ1n) is 7.60. The van der Waals surface area contributed by atoms with Crippen molar-refractivity contribution in [3.05, 3.63) is 70.4 Å². The van der Waals surface area contributed by atoms with Gasteiger partial charge >= 0.3 is 0 Å². The van der Waals surface area contributed by atoms with Gasteiger partial charge in [0, 0.05) is 22.1 Å². The van der Waals surface area contributed by atoms with Crippen molar-refractivity contribution in [1.82, 2.24) is 4.98 Å². The second-order valence-electron chi connectivity index (χ2n) is 5.16. The summed E-state index contributed by atoms with van der Waals surface area (Å²) in [6.45, 7) is 0. The molecular formula is C19H15FN4OS. The molecule has 0 atom stereocenters. The lowest BCUT2D eigenvalue weighted by Gasteiger charge is -2.00. The summed E-state index contributed by atoms with van der Waals surface area (Å²) < 4.78 is 18.7. The van der Waals surface area contributed by atoms with Gasteiger partial charge in [0.1, 0.15) is 17.4 Å². The third kappa shape index (κ3) is 4.59. The predicted octanol–water partition coefficient (Wildman–Crippen LogP) is 3.72. The van der Waals surface area contributed by atoms with Crippen LogP contribution in [-0.2, 0) is 0 Å². The van der Waals surface area contributed by atoms with E-state index in [1.54, 1.807) is 24.8 Å². The number of hydrogen-bond donors (Lipinski definition) is 2. The first kappa shape index (κ1) is 17.5. The molecule has 0 spiro atoms. The highest BCUT2D eigenvalue weighted by Gasteiger charge is 2.01. The van der Waals surface area contributed by atoms with E-state index in [9.17, 15) is 4.39 Å². The second kappa shape index (κ2) is 8.14. The molecule has 26 heavy (non-hydrogen) atoms. The monoisotopic (exact) mass is 366 g/mol. The number of nitrogens with one attached hydrogen (secondary N) is 1. The molecule has 7 heteroatoms. The molecule has 0 saturated carbocycles. The summed E-state index contributed by atoms with van der Waals surface area (Å²) in [6, 6.07) is 11.7. The highest BCUT2D eigenvalue weighted by atomic mass is 32.1. The van der Waals surface area contributed by atoms with Crippen LogP contribution in [0.4, 0.5) is 15.3 Å². The van der Waals surface area contributed by atoms with Crippen molar-refractivity contribution in [2.24, 2.45) is 5.10 Å². The second-order valence-corrected chi connectivity index (χ2v) is 6.02. The molecule has 130 valence electrons. The Labute approximate surface area is 154 Å². The van der Waals surface area contributed by atoms with Crippen LogP contribution in [-0.4, -0.2) is 18.3 Å². The van der Waals surface area contributed by atoms with Crippen LogP contribution in [0.1, 0.15) is 16.7 Å². The van der Waals surface area contributed by atoms with Gasteiger partial charge in [-0.15, -0.1) is 11.3 Å². The normalized spacial score (nSPS) is 10.4. The zero-order valence-corrected chi connectivity index (χ0v) is 14.7. The van der Waals surface area contributed by atoms with Crippen molar-refractivity contribution >= 4 is 28.5 Å². The molecule has 0 radical (unpaired) electrons. The number of halogens is 1. The quantitative estimate of drug-likeness (QED) is 0.419. The molecule has 1 aromatic heterocycles. The van der Waals surface area contributed by atoms with Gasteiger partial charge in [-0.25, -0.2) is 9.37 Å². The van der Waals surface area contributed by atoms with Crippen LogP contribution >= 0.6 is 11.3 Å². The number of thiazole rings is 1. The minimum absolute atomic E-state index is 0.359. The number of benzene rings is 2. The van der Waals surface area contributed by atoms with E-state index in [-0.39, 0.29) is 5.82 Å². The van der Waals surface area contributed by atoms with Gasteiger partial charge in [-0.05, 0) is 42.5 Å². The lowest BCUT2D eigenvalue weighted by molar-refractivity contribution is 0.415. The summed E-state index contributed by atoms with van der Waals surface area (Å²) in [6.07, 6.45) is 1.56. The van der Waals surface area contributed by atoms with E-state index in [4.69, 9.17) is 10.5 Å². The number of nitrogen functional groups attached to an aromatic ring is 1. The molecule has 0 fully saturated rings. The maximum Gasteiger partial charge on any atom is 0.205 e. The number of nitrogens with two attached hydrogens (primary N) is 1. The molecule has 1 heterocycles. The van der Waals surface area contributed by atoms with Crippen LogP contribution in [0.2, 0.25) is 0 Å². The van der Waals surface area contributed by atoms with E-state index in [2.05, 4.69) is 27.4 Å². The van der Waals surface area contributed by atoms with Crippen molar-refractivity contribution in [3.8, 4) is 17.6 Å². The number of aromatic nitrogens is 1. The third-order valence-corrected chi connectivity index (χ3v) is 4.10. The number of anilines is 2. The molecule has 0 saturated heterocycles. The first-order chi connectivity index (χ1) is 12.6. The fourth-order valence-electron chi connectivity index (χ4n) is 2.06. The smallest absolute Gasteiger partial charge is 0.205 e. The Bertz CT molecular complexity index is 987. The van der Waals surface area contributed by atoms with Crippen molar-refractivity contribution in [1.29, 1.82) is 0 Å². The number of methoxy groups -OCH3 is 1. The van der Waals surface area contributed by atoms with Gasteiger partial charge in [0.15, 0.2) is 0 Å². The van der Waals surface area contributed by atoms with Gasteiger partial charge in [-0.1, -0.05) is 11.8 Å². The van der Waals surface area contributed by atoms with Crippen LogP contribution in [0.25, 0.3) is 0 Å². The fourth-order valence-corrected chi connectivity index (χ4v) is 2.61. The zero-order chi connectivity index (χ0) is 18.4. The van der Waals surface area contributed by atoms with Gasteiger partial charge in [0.2, 0.25) is 5.13 Å². The average molecular weight is 366 g/mol. The number of ether oxygens (including phenoxy) is 1. The molecule has 5 nitrogen and oxygen atoms in total. The van der Waals surface area contributed by atoms with Crippen molar-refractivity contribution in [2.75, 3.05) is 18.3 Å². The SMILES string of the molecule is COc1ccc(C#Cc2cc(F)ccc2C=NNc2nc(N)cs2)cc1. The highest BCUT2D eigenvalue weighted by molar-refractivity contribution is 7.14. The van der Waals surface area contributed by atoms with Gasteiger partial charge in [-0.3, -0.25) is 5.43 Å². The molecule has 0 aliphatic heterocycles. The molecule has 0 unspecified atom stereocenters. The Balaban J connectivity index is 1.80. The predicted molar refractivity (Wildman–Crippen MR) is 103 cm³/mol. The largest absolute Gasteiger partial charge is 0.497 e. The lowest BCUT2D eigenvalue weighted by atomic mass is 10.1. The first-order valence-corrected chi connectivity index (χ1v) is 8.48. The van der Waals surface area contributed by atoms with Crippen molar-refractivity contribution in [2.45, 2.75) is 0 Å². The summed E-state index contributed by atoms with van der Waals surface area (Å²) in [5.74, 6) is 6.81. The summed E-state index contributed by atoms with van der Waals surface area (Å²) in [4.78, 5) is 4.04.